The number of aliphatic hydroxyl groups excluding tert-OH is 1. The number of rotatable bonds is 5. The summed E-state index contributed by atoms with van der Waals surface area (Å²) < 4.78 is 0. The van der Waals surface area contributed by atoms with Gasteiger partial charge in [0, 0.05) is 12.6 Å². The highest BCUT2D eigenvalue weighted by atomic mass is 35.5. The first-order valence-electron chi connectivity index (χ1n) is 5.40. The molecule has 0 aromatic heterocycles. The van der Waals surface area contributed by atoms with Crippen molar-refractivity contribution in [3.05, 3.63) is 35.9 Å². The molecule has 0 radical (unpaired) electrons. The Morgan fingerprint density at radius 3 is 2.53 bits per heavy atom. The Morgan fingerprint density at radius 2 is 2.00 bits per heavy atom. The molecule has 0 saturated heterocycles. The molecule has 0 aliphatic rings. The molecule has 1 rings (SSSR count). The van der Waals surface area contributed by atoms with Crippen LogP contribution < -0.4 is 11.1 Å². The first-order chi connectivity index (χ1) is 7.65. The maximum atomic E-state index is 11.3. The number of hydrogen-bond donors (Lipinski definition) is 3. The molecule has 0 aliphatic heterocycles. The lowest BCUT2D eigenvalue weighted by Crippen LogP contribution is -2.47. The molecule has 1 aromatic rings. The molecular weight excluding hydrogens is 240 g/mol. The van der Waals surface area contributed by atoms with E-state index in [2.05, 4.69) is 5.32 Å². The van der Waals surface area contributed by atoms with Gasteiger partial charge >= 0.3 is 0 Å². The molecule has 0 bridgehead atoms. The average Bonchev–Trinajstić information content (AvgIpc) is 2.29. The Hall–Kier alpha value is -1.10. The number of nitrogens with two attached hydrogens (primary N) is 1. The first kappa shape index (κ1) is 15.9. The minimum absolute atomic E-state index is 0. The van der Waals surface area contributed by atoms with E-state index in [9.17, 15) is 9.90 Å². The summed E-state index contributed by atoms with van der Waals surface area (Å²) in [6.07, 6.45) is -0.667. The molecule has 4 nitrogen and oxygen atoms in total. The maximum absolute atomic E-state index is 11.3. The lowest BCUT2D eigenvalue weighted by molar-refractivity contribution is -0.130. The zero-order chi connectivity index (χ0) is 12.0. The Labute approximate surface area is 108 Å². The van der Waals surface area contributed by atoms with E-state index in [0.29, 0.717) is 13.0 Å². The van der Waals surface area contributed by atoms with Crippen molar-refractivity contribution in [2.45, 2.75) is 25.5 Å². The number of amides is 1. The number of aliphatic hydroxyl groups is 1. The van der Waals surface area contributed by atoms with Crippen LogP contribution in [0.5, 0.6) is 0 Å². The van der Waals surface area contributed by atoms with Crippen LogP contribution in [0.2, 0.25) is 0 Å². The predicted molar refractivity (Wildman–Crippen MR) is 70.1 cm³/mol. The van der Waals surface area contributed by atoms with Gasteiger partial charge in [0.15, 0.2) is 0 Å². The number of carbonyl (C=O) groups is 1. The van der Waals surface area contributed by atoms with E-state index in [1.807, 2.05) is 30.3 Å². The van der Waals surface area contributed by atoms with Gasteiger partial charge in [-0.25, -0.2) is 0 Å². The average molecular weight is 259 g/mol. The van der Waals surface area contributed by atoms with Gasteiger partial charge in [0.05, 0.1) is 0 Å². The van der Waals surface area contributed by atoms with Crippen molar-refractivity contribution in [3.8, 4) is 0 Å². The van der Waals surface area contributed by atoms with Crippen LogP contribution >= 0.6 is 12.4 Å². The molecule has 1 amide bonds. The number of likely N-dealkylation sites (N-methyl/N-ethyl adjacent to an activating group) is 1. The van der Waals surface area contributed by atoms with Crippen molar-refractivity contribution in [2.24, 2.45) is 5.73 Å². The van der Waals surface area contributed by atoms with Crippen molar-refractivity contribution >= 4 is 18.3 Å². The van der Waals surface area contributed by atoms with Gasteiger partial charge < -0.3 is 16.2 Å². The summed E-state index contributed by atoms with van der Waals surface area (Å²) in [6.45, 7) is 2.29. The molecule has 1 aromatic carbocycles. The third-order valence-electron chi connectivity index (χ3n) is 2.34. The highest BCUT2D eigenvalue weighted by Gasteiger charge is 2.22. The Balaban J connectivity index is 0.00000256. The van der Waals surface area contributed by atoms with E-state index >= 15 is 0 Å². The van der Waals surface area contributed by atoms with Crippen molar-refractivity contribution in [2.75, 3.05) is 6.54 Å². The third kappa shape index (κ3) is 5.17. The zero-order valence-electron chi connectivity index (χ0n) is 9.80. The normalized spacial score (nSPS) is 13.4. The molecule has 0 heterocycles. The standard InChI is InChI=1S/C12H18N2O2.ClH/c1-2-14-12(16)11(15)10(13)8-9-6-4-3-5-7-9;/h3-7,10-11,15H,2,8,13H2,1H3,(H,14,16);1H. The second-order valence-corrected chi connectivity index (χ2v) is 3.69. The van der Waals surface area contributed by atoms with Crippen LogP contribution in [0.15, 0.2) is 30.3 Å². The summed E-state index contributed by atoms with van der Waals surface area (Å²) in [5.74, 6) is -0.411. The molecular formula is C12H19ClN2O2. The van der Waals surface area contributed by atoms with Crippen LogP contribution in [-0.2, 0) is 11.2 Å². The summed E-state index contributed by atoms with van der Waals surface area (Å²) in [7, 11) is 0. The summed E-state index contributed by atoms with van der Waals surface area (Å²) in [5.41, 5.74) is 6.78. The lowest BCUT2D eigenvalue weighted by atomic mass is 10.0. The van der Waals surface area contributed by atoms with E-state index in [1.54, 1.807) is 6.92 Å². The summed E-state index contributed by atoms with van der Waals surface area (Å²) >= 11 is 0. The molecule has 0 aliphatic carbocycles. The number of benzene rings is 1. The van der Waals surface area contributed by atoms with E-state index in [4.69, 9.17) is 5.73 Å². The molecule has 0 fully saturated rings. The molecule has 2 unspecified atom stereocenters. The Morgan fingerprint density at radius 1 is 1.41 bits per heavy atom. The molecule has 0 spiro atoms. The van der Waals surface area contributed by atoms with E-state index in [0.717, 1.165) is 5.56 Å². The van der Waals surface area contributed by atoms with Crippen molar-refractivity contribution in [3.63, 3.8) is 0 Å². The SMILES string of the molecule is CCNC(=O)C(O)C(N)Cc1ccccc1.Cl. The van der Waals surface area contributed by atoms with Gasteiger partial charge in [-0.1, -0.05) is 30.3 Å². The fourth-order valence-electron chi connectivity index (χ4n) is 1.47. The van der Waals surface area contributed by atoms with Crippen LogP contribution in [0.1, 0.15) is 12.5 Å². The van der Waals surface area contributed by atoms with Crippen LogP contribution in [0.25, 0.3) is 0 Å². The van der Waals surface area contributed by atoms with Crippen molar-refractivity contribution < 1.29 is 9.90 Å². The predicted octanol–water partition coefficient (Wildman–Crippen LogP) is 0.475. The fraction of sp³-hybridized carbons (Fsp3) is 0.417. The second-order valence-electron chi connectivity index (χ2n) is 3.69. The molecule has 0 saturated carbocycles. The van der Waals surface area contributed by atoms with Crippen LogP contribution in [-0.4, -0.2) is 29.7 Å². The van der Waals surface area contributed by atoms with E-state index in [-0.39, 0.29) is 12.4 Å². The molecule has 5 heteroatoms. The van der Waals surface area contributed by atoms with Gasteiger partial charge in [-0.05, 0) is 18.9 Å². The molecule has 2 atom stereocenters. The lowest BCUT2D eigenvalue weighted by Gasteiger charge is -2.17. The zero-order valence-corrected chi connectivity index (χ0v) is 10.6. The van der Waals surface area contributed by atoms with Gasteiger partial charge in [0.25, 0.3) is 0 Å². The minimum atomic E-state index is -1.15. The number of carbonyl (C=O) groups excluding carboxylic acids is 1. The van der Waals surface area contributed by atoms with Crippen LogP contribution in [0.3, 0.4) is 0 Å². The maximum Gasteiger partial charge on any atom is 0.250 e. The fourth-order valence-corrected chi connectivity index (χ4v) is 1.47. The summed E-state index contributed by atoms with van der Waals surface area (Å²) in [6, 6.07) is 8.99. The quantitative estimate of drug-likeness (QED) is 0.719. The van der Waals surface area contributed by atoms with Gasteiger partial charge in [-0.15, -0.1) is 12.4 Å². The number of nitrogens with one attached hydrogen (secondary N) is 1. The summed E-state index contributed by atoms with van der Waals surface area (Å²) in [5, 5.41) is 12.2. The van der Waals surface area contributed by atoms with Crippen molar-refractivity contribution in [1.82, 2.24) is 5.32 Å². The molecule has 4 N–H and O–H groups in total. The van der Waals surface area contributed by atoms with Gasteiger partial charge in [-0.2, -0.15) is 0 Å². The topological polar surface area (TPSA) is 75.3 Å². The number of hydrogen-bond acceptors (Lipinski definition) is 3. The highest BCUT2D eigenvalue weighted by Crippen LogP contribution is 2.04. The Bertz CT molecular complexity index is 333. The highest BCUT2D eigenvalue weighted by molar-refractivity contribution is 5.85. The van der Waals surface area contributed by atoms with Gasteiger partial charge in [-0.3, -0.25) is 4.79 Å². The second kappa shape index (κ2) is 8.06. The molecule has 96 valence electrons. The van der Waals surface area contributed by atoms with Gasteiger partial charge in [0.2, 0.25) is 5.91 Å². The number of halogens is 1. The van der Waals surface area contributed by atoms with Gasteiger partial charge in [0.1, 0.15) is 6.10 Å². The summed E-state index contributed by atoms with van der Waals surface area (Å²) in [4.78, 5) is 11.3. The van der Waals surface area contributed by atoms with Crippen LogP contribution in [0.4, 0.5) is 0 Å². The van der Waals surface area contributed by atoms with E-state index in [1.165, 1.54) is 0 Å². The van der Waals surface area contributed by atoms with Crippen molar-refractivity contribution in [1.29, 1.82) is 0 Å². The smallest absolute Gasteiger partial charge is 0.250 e. The minimum Gasteiger partial charge on any atom is -0.382 e. The van der Waals surface area contributed by atoms with Crippen LogP contribution in [0, 0.1) is 0 Å². The van der Waals surface area contributed by atoms with E-state index < -0.39 is 18.1 Å². The molecule has 17 heavy (non-hydrogen) atoms. The first-order valence-corrected chi connectivity index (χ1v) is 5.40. The monoisotopic (exact) mass is 258 g/mol. The largest absolute Gasteiger partial charge is 0.382 e. The Kier molecular flexibility index (Phi) is 7.54. The third-order valence-corrected chi connectivity index (χ3v) is 2.34.